The number of hydrogen-bond acceptors (Lipinski definition) is 2. The van der Waals surface area contributed by atoms with Gasteiger partial charge in [0.05, 0.1) is 0 Å². The average molecular weight is 275 g/mol. The third kappa shape index (κ3) is 2.18. The Hall–Kier alpha value is -1.25. The van der Waals surface area contributed by atoms with Gasteiger partial charge in [-0.05, 0) is 23.8 Å². The van der Waals surface area contributed by atoms with E-state index in [0.29, 0.717) is 6.42 Å². The van der Waals surface area contributed by atoms with Crippen LogP contribution in [-0.2, 0) is 0 Å². The average Bonchev–Trinajstić information content (AvgIpc) is 2.39. The van der Waals surface area contributed by atoms with E-state index in [1.54, 1.807) is 11.8 Å². The first-order valence-corrected chi connectivity index (χ1v) is 7.04. The number of carbonyl (C=O) groups is 1. The Labute approximate surface area is 115 Å². The quantitative estimate of drug-likeness (QED) is 0.746. The van der Waals surface area contributed by atoms with E-state index in [-0.39, 0.29) is 11.0 Å². The maximum atomic E-state index is 12.1. The van der Waals surface area contributed by atoms with Gasteiger partial charge in [-0.1, -0.05) is 41.9 Å². The van der Waals surface area contributed by atoms with Crippen molar-refractivity contribution in [2.45, 2.75) is 16.6 Å². The van der Waals surface area contributed by atoms with Crippen LogP contribution in [0.1, 0.15) is 27.6 Å². The number of rotatable bonds is 1. The molecule has 1 aliphatic rings. The zero-order valence-corrected chi connectivity index (χ0v) is 11.2. The molecule has 0 radical (unpaired) electrons. The van der Waals surface area contributed by atoms with Crippen molar-refractivity contribution in [2.24, 2.45) is 0 Å². The van der Waals surface area contributed by atoms with Crippen LogP contribution in [0.25, 0.3) is 0 Å². The zero-order valence-electron chi connectivity index (χ0n) is 9.60. The van der Waals surface area contributed by atoms with Gasteiger partial charge in [-0.25, -0.2) is 0 Å². The van der Waals surface area contributed by atoms with Crippen LogP contribution in [0.3, 0.4) is 0 Å². The second-order valence-corrected chi connectivity index (χ2v) is 5.96. The molecule has 90 valence electrons. The SMILES string of the molecule is O=C1CC(c2ccc(Cl)cc2)Sc2ccccc21. The van der Waals surface area contributed by atoms with Gasteiger partial charge in [-0.15, -0.1) is 11.8 Å². The normalized spacial score (nSPS) is 18.5. The fourth-order valence-corrected chi connectivity index (χ4v) is 3.56. The Morgan fingerprint density at radius 3 is 2.56 bits per heavy atom. The fourth-order valence-electron chi connectivity index (χ4n) is 2.14. The van der Waals surface area contributed by atoms with E-state index >= 15 is 0 Å². The maximum Gasteiger partial charge on any atom is 0.165 e. The summed E-state index contributed by atoms with van der Waals surface area (Å²) in [6.07, 6.45) is 0.559. The summed E-state index contributed by atoms with van der Waals surface area (Å²) in [6, 6.07) is 15.6. The lowest BCUT2D eigenvalue weighted by Gasteiger charge is -2.23. The monoisotopic (exact) mass is 274 g/mol. The largest absolute Gasteiger partial charge is 0.294 e. The Kier molecular flexibility index (Phi) is 3.14. The first-order valence-electron chi connectivity index (χ1n) is 5.78. The second-order valence-electron chi connectivity index (χ2n) is 4.28. The number of carbonyl (C=O) groups excluding carboxylic acids is 1. The van der Waals surface area contributed by atoms with Gasteiger partial charge in [0.2, 0.25) is 0 Å². The molecule has 0 aliphatic carbocycles. The van der Waals surface area contributed by atoms with E-state index in [4.69, 9.17) is 11.6 Å². The minimum absolute atomic E-state index is 0.199. The molecule has 0 aromatic heterocycles. The fraction of sp³-hybridized carbons (Fsp3) is 0.133. The standard InChI is InChI=1S/C15H11ClOS/c16-11-7-5-10(6-8-11)15-9-13(17)12-3-1-2-4-14(12)18-15/h1-8,15H,9H2. The summed E-state index contributed by atoms with van der Waals surface area (Å²) in [6.45, 7) is 0. The van der Waals surface area contributed by atoms with Crippen molar-refractivity contribution in [3.05, 3.63) is 64.7 Å². The highest BCUT2D eigenvalue weighted by molar-refractivity contribution is 7.99. The van der Waals surface area contributed by atoms with Gasteiger partial charge in [-0.2, -0.15) is 0 Å². The number of hydrogen-bond donors (Lipinski definition) is 0. The molecule has 0 N–H and O–H groups in total. The highest BCUT2D eigenvalue weighted by Gasteiger charge is 2.26. The van der Waals surface area contributed by atoms with Crippen LogP contribution in [0.2, 0.25) is 5.02 Å². The number of benzene rings is 2. The summed E-state index contributed by atoms with van der Waals surface area (Å²) < 4.78 is 0. The Morgan fingerprint density at radius 2 is 1.78 bits per heavy atom. The Bertz CT molecular complexity index is 592. The molecule has 0 saturated carbocycles. The predicted molar refractivity (Wildman–Crippen MR) is 75.4 cm³/mol. The number of halogens is 1. The van der Waals surface area contributed by atoms with Gasteiger partial charge in [0.25, 0.3) is 0 Å². The minimum atomic E-state index is 0.199. The van der Waals surface area contributed by atoms with Crippen molar-refractivity contribution in [3.63, 3.8) is 0 Å². The van der Waals surface area contributed by atoms with Gasteiger partial charge in [0.15, 0.2) is 5.78 Å². The summed E-state index contributed by atoms with van der Waals surface area (Å²) in [5.74, 6) is 0.226. The molecule has 1 atom stereocenters. The lowest BCUT2D eigenvalue weighted by atomic mass is 10.0. The van der Waals surface area contributed by atoms with Crippen molar-refractivity contribution in [3.8, 4) is 0 Å². The molecule has 0 saturated heterocycles. The van der Waals surface area contributed by atoms with Crippen LogP contribution < -0.4 is 0 Å². The minimum Gasteiger partial charge on any atom is -0.294 e. The maximum absolute atomic E-state index is 12.1. The Balaban J connectivity index is 1.94. The van der Waals surface area contributed by atoms with Crippen LogP contribution in [0.4, 0.5) is 0 Å². The van der Waals surface area contributed by atoms with Gasteiger partial charge in [0.1, 0.15) is 0 Å². The molecule has 0 amide bonds. The summed E-state index contributed by atoms with van der Waals surface area (Å²) >= 11 is 7.64. The summed E-state index contributed by atoms with van der Waals surface area (Å²) in [5, 5.41) is 0.927. The molecule has 3 heteroatoms. The molecule has 1 heterocycles. The zero-order chi connectivity index (χ0) is 12.5. The van der Waals surface area contributed by atoms with E-state index < -0.39 is 0 Å². The Morgan fingerprint density at radius 1 is 1.06 bits per heavy atom. The number of ketones is 1. The molecule has 0 fully saturated rings. The lowest BCUT2D eigenvalue weighted by Crippen LogP contribution is -2.11. The van der Waals surface area contributed by atoms with Crippen LogP contribution in [0, 0.1) is 0 Å². The van der Waals surface area contributed by atoms with Gasteiger partial charge in [0, 0.05) is 27.2 Å². The number of fused-ring (bicyclic) bond motifs is 1. The van der Waals surface area contributed by atoms with Crippen LogP contribution in [0.5, 0.6) is 0 Å². The van der Waals surface area contributed by atoms with Crippen molar-refractivity contribution in [2.75, 3.05) is 0 Å². The first-order chi connectivity index (χ1) is 8.74. The van der Waals surface area contributed by atoms with E-state index in [0.717, 1.165) is 21.0 Å². The molecule has 0 spiro atoms. The topological polar surface area (TPSA) is 17.1 Å². The van der Waals surface area contributed by atoms with E-state index in [9.17, 15) is 4.79 Å². The molecule has 2 aromatic rings. The number of Topliss-reactive ketones (excluding diaryl/α,β-unsaturated/α-hetero) is 1. The molecule has 1 nitrogen and oxygen atoms in total. The van der Waals surface area contributed by atoms with E-state index in [1.807, 2.05) is 48.5 Å². The lowest BCUT2D eigenvalue weighted by molar-refractivity contribution is 0.0976. The van der Waals surface area contributed by atoms with Gasteiger partial charge < -0.3 is 0 Å². The van der Waals surface area contributed by atoms with Crippen molar-refractivity contribution >= 4 is 29.1 Å². The highest BCUT2D eigenvalue weighted by atomic mass is 35.5. The summed E-state index contributed by atoms with van der Waals surface area (Å²) in [5.41, 5.74) is 2.01. The molecule has 3 rings (SSSR count). The molecular weight excluding hydrogens is 264 g/mol. The molecule has 18 heavy (non-hydrogen) atoms. The van der Waals surface area contributed by atoms with E-state index in [1.165, 1.54) is 0 Å². The van der Waals surface area contributed by atoms with Crippen molar-refractivity contribution < 1.29 is 4.79 Å². The second kappa shape index (κ2) is 4.79. The molecule has 1 unspecified atom stereocenters. The number of thioether (sulfide) groups is 1. The van der Waals surface area contributed by atoms with Crippen molar-refractivity contribution in [1.29, 1.82) is 0 Å². The molecule has 1 aliphatic heterocycles. The van der Waals surface area contributed by atoms with Crippen LogP contribution in [-0.4, -0.2) is 5.78 Å². The van der Waals surface area contributed by atoms with Crippen molar-refractivity contribution in [1.82, 2.24) is 0 Å². The van der Waals surface area contributed by atoms with Crippen LogP contribution >= 0.6 is 23.4 Å². The molecular formula is C15H11ClOS. The van der Waals surface area contributed by atoms with E-state index in [2.05, 4.69) is 0 Å². The summed E-state index contributed by atoms with van der Waals surface area (Å²) in [7, 11) is 0. The third-order valence-corrected chi connectivity index (χ3v) is 4.65. The smallest absolute Gasteiger partial charge is 0.165 e. The predicted octanol–water partition coefficient (Wildman–Crippen LogP) is 4.76. The van der Waals surface area contributed by atoms with Gasteiger partial charge >= 0.3 is 0 Å². The van der Waals surface area contributed by atoms with Crippen LogP contribution in [0.15, 0.2) is 53.4 Å². The first kappa shape index (κ1) is 11.8. The highest BCUT2D eigenvalue weighted by Crippen LogP contribution is 2.44. The molecule has 0 bridgehead atoms. The summed E-state index contributed by atoms with van der Waals surface area (Å²) in [4.78, 5) is 13.2. The third-order valence-electron chi connectivity index (χ3n) is 3.07. The van der Waals surface area contributed by atoms with Gasteiger partial charge in [-0.3, -0.25) is 4.79 Å². The molecule has 2 aromatic carbocycles.